The van der Waals surface area contributed by atoms with E-state index < -0.39 is 6.10 Å². The first kappa shape index (κ1) is 20.8. The van der Waals surface area contributed by atoms with Crippen molar-refractivity contribution in [1.82, 2.24) is 9.80 Å². The lowest BCUT2D eigenvalue weighted by Gasteiger charge is -2.23. The first-order chi connectivity index (χ1) is 13.7. The Morgan fingerprint density at radius 3 is 2.36 bits per heavy atom. The van der Waals surface area contributed by atoms with E-state index in [1.807, 2.05) is 18.2 Å². The van der Waals surface area contributed by atoms with Crippen molar-refractivity contribution in [2.24, 2.45) is 0 Å². The van der Waals surface area contributed by atoms with Gasteiger partial charge in [-0.3, -0.25) is 4.90 Å². The minimum absolute atomic E-state index is 0.347. The fourth-order valence-electron chi connectivity index (χ4n) is 3.86. The summed E-state index contributed by atoms with van der Waals surface area (Å²) in [4.78, 5) is 4.67. The van der Waals surface area contributed by atoms with E-state index in [0.29, 0.717) is 13.2 Å². The molecule has 1 atom stereocenters. The molecule has 152 valence electrons. The average molecular weight is 383 g/mol. The van der Waals surface area contributed by atoms with Gasteiger partial charge < -0.3 is 14.7 Å². The van der Waals surface area contributed by atoms with Crippen molar-refractivity contribution in [3.63, 3.8) is 0 Å². The lowest BCUT2D eigenvalue weighted by Crippen LogP contribution is -2.36. The summed E-state index contributed by atoms with van der Waals surface area (Å²) in [5.74, 6) is 0.834. The van der Waals surface area contributed by atoms with E-state index in [4.69, 9.17) is 4.74 Å². The number of hydrogen-bond donors (Lipinski definition) is 1. The van der Waals surface area contributed by atoms with E-state index in [1.54, 1.807) is 0 Å². The lowest BCUT2D eigenvalue weighted by molar-refractivity contribution is 0.0693. The van der Waals surface area contributed by atoms with Crippen molar-refractivity contribution in [3.05, 3.63) is 65.7 Å². The molecule has 1 N–H and O–H groups in total. The van der Waals surface area contributed by atoms with Gasteiger partial charge in [-0.1, -0.05) is 55.3 Å². The van der Waals surface area contributed by atoms with E-state index in [0.717, 1.165) is 31.9 Å². The van der Waals surface area contributed by atoms with Gasteiger partial charge in [0.25, 0.3) is 0 Å². The Kier molecular flexibility index (Phi) is 8.34. The zero-order valence-corrected chi connectivity index (χ0v) is 17.1. The van der Waals surface area contributed by atoms with Crippen LogP contribution in [0, 0.1) is 0 Å². The molecule has 0 radical (unpaired) electrons. The van der Waals surface area contributed by atoms with Gasteiger partial charge in [0.1, 0.15) is 18.5 Å². The average Bonchev–Trinajstić information content (AvgIpc) is 2.96. The van der Waals surface area contributed by atoms with Gasteiger partial charge in [0.15, 0.2) is 0 Å². The zero-order valence-electron chi connectivity index (χ0n) is 17.1. The Bertz CT molecular complexity index is 684. The molecule has 0 saturated carbocycles. The first-order valence-electron chi connectivity index (χ1n) is 10.5. The lowest BCUT2D eigenvalue weighted by atomic mass is 10.1. The molecule has 0 aliphatic carbocycles. The summed E-state index contributed by atoms with van der Waals surface area (Å²) in [6.45, 7) is 5.03. The normalized spacial score (nSPS) is 16.7. The van der Waals surface area contributed by atoms with Gasteiger partial charge in [0.05, 0.1) is 0 Å². The summed E-state index contributed by atoms with van der Waals surface area (Å²) in [5.41, 5.74) is 2.53. The van der Waals surface area contributed by atoms with Gasteiger partial charge in [0.2, 0.25) is 0 Å². The van der Waals surface area contributed by atoms with Crippen molar-refractivity contribution in [3.8, 4) is 5.75 Å². The summed E-state index contributed by atoms with van der Waals surface area (Å²) < 4.78 is 5.89. The van der Waals surface area contributed by atoms with Crippen LogP contribution in [0.3, 0.4) is 0 Å². The number of ether oxygens (including phenoxy) is 1. The van der Waals surface area contributed by atoms with E-state index in [-0.39, 0.29) is 0 Å². The van der Waals surface area contributed by atoms with Crippen LogP contribution < -0.4 is 4.74 Å². The largest absolute Gasteiger partial charge is 0.491 e. The second kappa shape index (κ2) is 11.2. The molecule has 1 fully saturated rings. The summed E-state index contributed by atoms with van der Waals surface area (Å²) in [7, 11) is 2.13. The molecule has 0 spiro atoms. The quantitative estimate of drug-likeness (QED) is 0.713. The third kappa shape index (κ3) is 7.27. The highest BCUT2D eigenvalue weighted by Crippen LogP contribution is 2.16. The molecule has 28 heavy (non-hydrogen) atoms. The molecule has 4 heteroatoms. The smallest absolute Gasteiger partial charge is 0.119 e. The van der Waals surface area contributed by atoms with Crippen LogP contribution in [0.5, 0.6) is 5.75 Å². The monoisotopic (exact) mass is 382 g/mol. The number of aliphatic hydroxyl groups is 1. The van der Waals surface area contributed by atoms with Crippen LogP contribution in [-0.2, 0) is 13.1 Å². The molecule has 0 amide bonds. The number of nitrogens with zero attached hydrogens (tertiary/aromatic N) is 2. The highest BCUT2D eigenvalue weighted by molar-refractivity contribution is 5.28. The number of benzene rings is 2. The molecule has 0 bridgehead atoms. The maximum atomic E-state index is 10.4. The number of hydrogen-bond acceptors (Lipinski definition) is 4. The van der Waals surface area contributed by atoms with Gasteiger partial charge in [-0.05, 0) is 56.2 Å². The number of likely N-dealkylation sites (tertiary alicyclic amines) is 1. The maximum absolute atomic E-state index is 10.4. The molecule has 2 aromatic carbocycles. The third-order valence-electron chi connectivity index (χ3n) is 5.26. The van der Waals surface area contributed by atoms with Crippen molar-refractivity contribution in [1.29, 1.82) is 0 Å². The highest BCUT2D eigenvalue weighted by atomic mass is 16.5. The van der Waals surface area contributed by atoms with E-state index in [9.17, 15) is 5.11 Å². The van der Waals surface area contributed by atoms with Crippen LogP contribution in [-0.4, -0.2) is 54.3 Å². The topological polar surface area (TPSA) is 35.9 Å². The predicted molar refractivity (Wildman–Crippen MR) is 114 cm³/mol. The van der Waals surface area contributed by atoms with Crippen LogP contribution >= 0.6 is 0 Å². The fourth-order valence-corrected chi connectivity index (χ4v) is 3.86. The second-order valence-electron chi connectivity index (χ2n) is 7.98. The Morgan fingerprint density at radius 2 is 1.61 bits per heavy atom. The van der Waals surface area contributed by atoms with Gasteiger partial charge in [0, 0.05) is 19.6 Å². The number of aliphatic hydroxyl groups excluding tert-OH is 1. The summed E-state index contributed by atoms with van der Waals surface area (Å²) in [6.07, 6.45) is 4.67. The van der Waals surface area contributed by atoms with Crippen LogP contribution in [0.25, 0.3) is 0 Å². The van der Waals surface area contributed by atoms with Gasteiger partial charge in [-0.15, -0.1) is 0 Å². The molecule has 1 heterocycles. The number of β-amino-alcohol motifs (C(OH)–C–C–N with tert-alkyl or cyclic N) is 1. The van der Waals surface area contributed by atoms with Gasteiger partial charge in [-0.2, -0.15) is 0 Å². The highest BCUT2D eigenvalue weighted by Gasteiger charge is 2.14. The summed E-state index contributed by atoms with van der Waals surface area (Å²) in [6, 6.07) is 18.7. The molecular weight excluding hydrogens is 348 g/mol. The van der Waals surface area contributed by atoms with E-state index in [1.165, 1.54) is 36.8 Å². The van der Waals surface area contributed by atoms with Crippen molar-refractivity contribution >= 4 is 0 Å². The molecule has 1 aliphatic heterocycles. The number of rotatable bonds is 9. The molecule has 1 saturated heterocycles. The SMILES string of the molecule is CN(Cc1ccccc1)Cc1cccc(OC[C@H](O)CN2CCCCCC2)c1. The second-order valence-corrected chi connectivity index (χ2v) is 7.98. The first-order valence-corrected chi connectivity index (χ1v) is 10.5. The van der Waals surface area contributed by atoms with Crippen molar-refractivity contribution < 1.29 is 9.84 Å². The maximum Gasteiger partial charge on any atom is 0.119 e. The Balaban J connectivity index is 1.44. The fraction of sp³-hybridized carbons (Fsp3) is 0.500. The Labute approximate surface area is 169 Å². The van der Waals surface area contributed by atoms with Crippen molar-refractivity contribution in [2.75, 3.05) is 33.3 Å². The molecule has 4 nitrogen and oxygen atoms in total. The molecule has 0 aromatic heterocycles. The van der Waals surface area contributed by atoms with E-state index >= 15 is 0 Å². The molecular formula is C24H34N2O2. The minimum atomic E-state index is -0.442. The van der Waals surface area contributed by atoms with Crippen LogP contribution in [0.2, 0.25) is 0 Å². The minimum Gasteiger partial charge on any atom is -0.491 e. The Morgan fingerprint density at radius 1 is 0.929 bits per heavy atom. The standard InChI is InChI=1S/C24H34N2O2/c1-25(17-21-10-5-4-6-11-21)18-22-12-9-13-24(16-22)28-20-23(27)19-26-14-7-2-3-8-15-26/h4-6,9-13,16,23,27H,2-3,7-8,14-15,17-20H2,1H3/t23-/m1/s1. The molecule has 3 rings (SSSR count). The zero-order chi connectivity index (χ0) is 19.6. The molecule has 2 aromatic rings. The van der Waals surface area contributed by atoms with E-state index in [2.05, 4.69) is 53.2 Å². The van der Waals surface area contributed by atoms with Crippen LogP contribution in [0.4, 0.5) is 0 Å². The Hall–Kier alpha value is -1.88. The molecule has 1 aliphatic rings. The summed E-state index contributed by atoms with van der Waals surface area (Å²) in [5, 5.41) is 10.4. The summed E-state index contributed by atoms with van der Waals surface area (Å²) >= 11 is 0. The van der Waals surface area contributed by atoms with Crippen molar-refractivity contribution in [2.45, 2.75) is 44.9 Å². The molecule has 0 unspecified atom stereocenters. The van der Waals surface area contributed by atoms with Crippen LogP contribution in [0.15, 0.2) is 54.6 Å². The predicted octanol–water partition coefficient (Wildman–Crippen LogP) is 3.93. The van der Waals surface area contributed by atoms with Gasteiger partial charge >= 0.3 is 0 Å². The van der Waals surface area contributed by atoms with Crippen LogP contribution in [0.1, 0.15) is 36.8 Å². The third-order valence-corrected chi connectivity index (χ3v) is 5.26. The van der Waals surface area contributed by atoms with Gasteiger partial charge in [-0.25, -0.2) is 0 Å².